The third-order valence-electron chi connectivity index (χ3n) is 9.01. The molecule has 0 aliphatic carbocycles. The number of benzene rings is 2. The molecule has 3 aromatic rings. The third-order valence-corrected chi connectivity index (χ3v) is 9.01. The van der Waals surface area contributed by atoms with Crippen LogP contribution in [-0.2, 0) is 4.74 Å². The van der Waals surface area contributed by atoms with Gasteiger partial charge in [0.15, 0.2) is 11.5 Å². The summed E-state index contributed by atoms with van der Waals surface area (Å²) in [6.07, 6.45) is 6.64. The second kappa shape index (κ2) is 12.6. The minimum absolute atomic E-state index is 0.0466. The van der Waals surface area contributed by atoms with Gasteiger partial charge >= 0.3 is 0 Å². The van der Waals surface area contributed by atoms with Crippen molar-refractivity contribution < 1.29 is 28.3 Å². The molecule has 3 aliphatic heterocycles. The van der Waals surface area contributed by atoms with E-state index in [9.17, 15) is 9.59 Å². The molecule has 0 saturated carbocycles. The lowest BCUT2D eigenvalue weighted by molar-refractivity contribution is 0.0327. The molecule has 42 heavy (non-hydrogen) atoms. The second-order valence-electron chi connectivity index (χ2n) is 11.7. The number of hydrogen-bond acceptors (Lipinski definition) is 7. The van der Waals surface area contributed by atoms with E-state index >= 15 is 0 Å². The molecule has 0 unspecified atom stereocenters. The molecule has 1 atom stereocenters. The van der Waals surface area contributed by atoms with E-state index in [0.29, 0.717) is 61.4 Å². The van der Waals surface area contributed by atoms with E-state index in [1.807, 2.05) is 58.3 Å². The maximum atomic E-state index is 13.4. The number of piperidine rings is 1. The number of methoxy groups -OCH3 is 1. The van der Waals surface area contributed by atoms with E-state index in [4.69, 9.17) is 18.7 Å². The van der Waals surface area contributed by atoms with Crippen LogP contribution in [0.2, 0.25) is 0 Å². The fourth-order valence-electron chi connectivity index (χ4n) is 6.42. The minimum Gasteiger partial charge on any atom is -0.497 e. The number of carbonyl (C=O) groups excluding carboxylic acids is 2. The first-order valence-corrected chi connectivity index (χ1v) is 15.1. The Balaban J connectivity index is 1.13. The number of fused-ring (bicyclic) bond motifs is 3. The number of carbonyl (C=O) groups is 2. The summed E-state index contributed by atoms with van der Waals surface area (Å²) in [4.78, 5) is 30.5. The Morgan fingerprint density at radius 1 is 0.976 bits per heavy atom. The van der Waals surface area contributed by atoms with Crippen molar-refractivity contribution in [3.05, 3.63) is 65.9 Å². The van der Waals surface area contributed by atoms with Crippen molar-refractivity contribution in [1.29, 1.82) is 0 Å². The van der Waals surface area contributed by atoms with Crippen molar-refractivity contribution in [3.8, 4) is 22.8 Å². The average Bonchev–Trinajstić information content (AvgIpc) is 3.72. The van der Waals surface area contributed by atoms with Crippen molar-refractivity contribution in [3.63, 3.8) is 0 Å². The Kier molecular flexibility index (Phi) is 8.46. The van der Waals surface area contributed by atoms with Crippen molar-refractivity contribution in [1.82, 2.24) is 15.0 Å². The van der Waals surface area contributed by atoms with Gasteiger partial charge in [0, 0.05) is 48.8 Å². The molecular weight excluding hydrogens is 534 g/mol. The van der Waals surface area contributed by atoms with Gasteiger partial charge in [0.1, 0.15) is 11.5 Å². The minimum atomic E-state index is -0.124. The van der Waals surface area contributed by atoms with Gasteiger partial charge in [0.2, 0.25) is 0 Å². The maximum Gasteiger partial charge on any atom is 0.276 e. The highest BCUT2D eigenvalue weighted by Crippen LogP contribution is 2.38. The normalized spacial score (nSPS) is 21.3. The standard InChI is InChI=1S/C33H39N3O6/c1-39-27-10-4-7-24(19-27)30-21-29(34-42-30)32(38)35-16-13-33(14-17-35)12-2-3-18-40-22-26-9-6-15-36(26)31(37)25-8-5-11-28(20-25)41-23-33/h4-5,7-8,10-11,19-21,26H,2-3,6,9,12-18,22-23H2,1H3/t26-/m0/s1. The topological polar surface area (TPSA) is 94.3 Å². The molecule has 2 amide bonds. The zero-order valence-electron chi connectivity index (χ0n) is 24.3. The van der Waals surface area contributed by atoms with Crippen LogP contribution in [0.1, 0.15) is 65.8 Å². The smallest absolute Gasteiger partial charge is 0.276 e. The summed E-state index contributed by atoms with van der Waals surface area (Å²) in [5.74, 6) is 1.88. The van der Waals surface area contributed by atoms with Crippen LogP contribution in [-0.4, -0.2) is 79.4 Å². The first-order chi connectivity index (χ1) is 20.5. The lowest BCUT2D eigenvalue weighted by Gasteiger charge is -2.41. The van der Waals surface area contributed by atoms with E-state index < -0.39 is 0 Å². The van der Waals surface area contributed by atoms with Gasteiger partial charge in [-0.05, 0) is 68.9 Å². The van der Waals surface area contributed by atoms with Gasteiger partial charge in [0.05, 0.1) is 26.4 Å². The number of ether oxygens (including phenoxy) is 3. The lowest BCUT2D eigenvalue weighted by atomic mass is 9.75. The van der Waals surface area contributed by atoms with Gasteiger partial charge in [0.25, 0.3) is 11.8 Å². The number of nitrogens with zero attached hydrogens (tertiary/aromatic N) is 3. The maximum absolute atomic E-state index is 13.4. The van der Waals surface area contributed by atoms with Crippen molar-refractivity contribution >= 4 is 11.8 Å². The van der Waals surface area contributed by atoms with Crippen LogP contribution in [0.5, 0.6) is 11.5 Å². The molecular formula is C33H39N3O6. The summed E-state index contributed by atoms with van der Waals surface area (Å²) in [5, 5.41) is 4.09. The quantitative estimate of drug-likeness (QED) is 0.411. The van der Waals surface area contributed by atoms with Gasteiger partial charge in [-0.2, -0.15) is 0 Å². The van der Waals surface area contributed by atoms with E-state index in [2.05, 4.69) is 5.16 Å². The Labute approximate surface area is 246 Å². The fraction of sp³-hybridized carbons (Fsp3) is 0.485. The molecule has 9 heteroatoms. The van der Waals surface area contributed by atoms with Crippen LogP contribution in [0.3, 0.4) is 0 Å². The molecule has 2 fully saturated rings. The Hall–Kier alpha value is -3.85. The van der Waals surface area contributed by atoms with E-state index in [-0.39, 0.29) is 23.3 Å². The second-order valence-corrected chi connectivity index (χ2v) is 11.7. The summed E-state index contributed by atoms with van der Waals surface area (Å²) >= 11 is 0. The molecule has 0 N–H and O–H groups in total. The fourth-order valence-corrected chi connectivity index (χ4v) is 6.42. The van der Waals surface area contributed by atoms with Crippen LogP contribution >= 0.6 is 0 Å². The summed E-state index contributed by atoms with van der Waals surface area (Å²) < 4.78 is 23.3. The molecule has 1 aromatic heterocycles. The molecule has 1 spiro atoms. The molecule has 6 rings (SSSR count). The van der Waals surface area contributed by atoms with Gasteiger partial charge in [-0.1, -0.05) is 29.8 Å². The molecule has 2 aromatic carbocycles. The van der Waals surface area contributed by atoms with Gasteiger partial charge in [-0.25, -0.2) is 0 Å². The highest BCUT2D eigenvalue weighted by Gasteiger charge is 2.37. The third kappa shape index (κ3) is 6.16. The highest BCUT2D eigenvalue weighted by molar-refractivity contribution is 5.95. The molecule has 222 valence electrons. The molecule has 4 heterocycles. The summed E-state index contributed by atoms with van der Waals surface area (Å²) in [7, 11) is 1.61. The summed E-state index contributed by atoms with van der Waals surface area (Å²) in [5.41, 5.74) is 1.71. The number of amides is 2. The SMILES string of the molecule is COc1cccc(-c2cc(C(=O)N3CCC4(CCCCOC[C@@H]5CCCN5C(=O)c5cccc(c5)OC4)CC3)no2)c1. The molecule has 2 saturated heterocycles. The molecule has 3 aliphatic rings. The van der Waals surface area contributed by atoms with Crippen molar-refractivity contribution in [2.45, 2.75) is 51.0 Å². The van der Waals surface area contributed by atoms with E-state index in [1.54, 1.807) is 13.2 Å². The van der Waals surface area contributed by atoms with Crippen LogP contribution in [0.4, 0.5) is 0 Å². The van der Waals surface area contributed by atoms with Crippen LogP contribution in [0.25, 0.3) is 11.3 Å². The van der Waals surface area contributed by atoms with Gasteiger partial charge in [-0.15, -0.1) is 0 Å². The average molecular weight is 574 g/mol. The predicted molar refractivity (Wildman–Crippen MR) is 157 cm³/mol. The van der Waals surface area contributed by atoms with Crippen LogP contribution in [0, 0.1) is 5.41 Å². The predicted octanol–water partition coefficient (Wildman–Crippen LogP) is 5.46. The monoisotopic (exact) mass is 573 g/mol. The number of hydrogen-bond donors (Lipinski definition) is 0. The Morgan fingerprint density at radius 2 is 1.81 bits per heavy atom. The van der Waals surface area contributed by atoms with E-state index in [1.165, 1.54) is 0 Å². The number of rotatable bonds is 3. The largest absolute Gasteiger partial charge is 0.497 e. The molecule has 0 radical (unpaired) electrons. The number of aromatic nitrogens is 1. The summed E-state index contributed by atoms with van der Waals surface area (Å²) in [6, 6.07) is 16.9. The first kappa shape index (κ1) is 28.3. The zero-order chi connectivity index (χ0) is 28.9. The van der Waals surface area contributed by atoms with E-state index in [0.717, 1.165) is 57.1 Å². The zero-order valence-corrected chi connectivity index (χ0v) is 24.3. The number of likely N-dealkylation sites (tertiary alicyclic amines) is 1. The van der Waals surface area contributed by atoms with Gasteiger partial charge < -0.3 is 28.5 Å². The van der Waals surface area contributed by atoms with Crippen molar-refractivity contribution in [2.75, 3.05) is 46.6 Å². The lowest BCUT2D eigenvalue weighted by Crippen LogP contribution is -2.45. The summed E-state index contributed by atoms with van der Waals surface area (Å²) in [6.45, 7) is 3.84. The highest BCUT2D eigenvalue weighted by atomic mass is 16.5. The Morgan fingerprint density at radius 3 is 2.67 bits per heavy atom. The molecule has 9 nitrogen and oxygen atoms in total. The Bertz CT molecular complexity index is 1400. The molecule has 2 bridgehead atoms. The van der Waals surface area contributed by atoms with Crippen LogP contribution in [0.15, 0.2) is 59.1 Å². The first-order valence-electron chi connectivity index (χ1n) is 15.1. The van der Waals surface area contributed by atoms with Gasteiger partial charge in [-0.3, -0.25) is 9.59 Å². The van der Waals surface area contributed by atoms with Crippen molar-refractivity contribution in [2.24, 2.45) is 5.41 Å². The van der Waals surface area contributed by atoms with Crippen LogP contribution < -0.4 is 9.47 Å².